The number of benzene rings is 1. The molecule has 2 rings (SSSR count). The monoisotopic (exact) mass is 281 g/mol. The maximum Gasteiger partial charge on any atom is 0.124 e. The molecule has 104 valence electrons. The number of hydrogen-bond donors (Lipinski definition) is 2. The van der Waals surface area contributed by atoms with E-state index in [4.69, 9.17) is 18.0 Å². The van der Waals surface area contributed by atoms with Gasteiger partial charge in [-0.2, -0.15) is 0 Å². The lowest BCUT2D eigenvalue weighted by atomic mass is 10.0. The van der Waals surface area contributed by atoms with Gasteiger partial charge in [0.2, 0.25) is 0 Å². The Kier molecular flexibility index (Phi) is 4.71. The third kappa shape index (κ3) is 3.64. The van der Waals surface area contributed by atoms with Gasteiger partial charge in [-0.3, -0.25) is 0 Å². The van der Waals surface area contributed by atoms with Crippen LogP contribution in [0.25, 0.3) is 0 Å². The number of thiocarbonyl (C=S) groups is 1. The molecule has 1 unspecified atom stereocenters. The average molecular weight is 281 g/mol. The van der Waals surface area contributed by atoms with Crippen molar-refractivity contribution in [2.75, 3.05) is 25.5 Å². The van der Waals surface area contributed by atoms with Gasteiger partial charge in [-0.1, -0.05) is 18.6 Å². The summed E-state index contributed by atoms with van der Waals surface area (Å²) < 4.78 is 13.2. The van der Waals surface area contributed by atoms with Crippen molar-refractivity contribution in [2.45, 2.75) is 25.3 Å². The second-order valence-corrected chi connectivity index (χ2v) is 5.51. The molecule has 0 aliphatic carbocycles. The summed E-state index contributed by atoms with van der Waals surface area (Å²) in [6.45, 7) is 1.97. The quantitative estimate of drug-likeness (QED) is 0.831. The number of likely N-dealkylation sites (N-methyl/N-ethyl adjacent to an activating group) is 1. The molecule has 0 aromatic heterocycles. The van der Waals surface area contributed by atoms with Crippen LogP contribution in [0.1, 0.15) is 24.8 Å². The van der Waals surface area contributed by atoms with Crippen molar-refractivity contribution in [1.82, 2.24) is 4.90 Å². The Labute approximate surface area is 119 Å². The van der Waals surface area contributed by atoms with Crippen LogP contribution in [-0.2, 0) is 0 Å². The van der Waals surface area contributed by atoms with Crippen LogP contribution >= 0.6 is 12.2 Å². The number of nitrogens with one attached hydrogen (secondary N) is 1. The first-order valence-electron chi connectivity index (χ1n) is 6.61. The molecule has 1 atom stereocenters. The molecule has 19 heavy (non-hydrogen) atoms. The fourth-order valence-electron chi connectivity index (χ4n) is 2.50. The largest absolute Gasteiger partial charge is 0.389 e. The van der Waals surface area contributed by atoms with Crippen LogP contribution in [-0.4, -0.2) is 36.1 Å². The number of nitrogens with zero attached hydrogens (tertiary/aromatic N) is 1. The van der Waals surface area contributed by atoms with Crippen LogP contribution in [0.5, 0.6) is 0 Å². The molecule has 1 aliphatic rings. The predicted molar refractivity (Wildman–Crippen MR) is 81.0 cm³/mol. The minimum Gasteiger partial charge on any atom is -0.389 e. The smallest absolute Gasteiger partial charge is 0.124 e. The van der Waals surface area contributed by atoms with Crippen molar-refractivity contribution >= 4 is 22.9 Å². The van der Waals surface area contributed by atoms with E-state index in [0.29, 0.717) is 11.6 Å². The standard InChI is InChI=1S/C14H20FN3S/c1-18-7-3-2-4-11(18)9-17-13-6-5-10(15)8-12(13)14(16)19/h5-6,8,11,17H,2-4,7,9H2,1H3,(H2,16,19). The molecule has 1 aromatic carbocycles. The van der Waals surface area contributed by atoms with E-state index in [-0.39, 0.29) is 10.8 Å². The molecular weight excluding hydrogens is 261 g/mol. The molecule has 1 aliphatic heterocycles. The van der Waals surface area contributed by atoms with Gasteiger partial charge in [0.15, 0.2) is 0 Å². The normalized spacial score (nSPS) is 20.2. The van der Waals surface area contributed by atoms with E-state index in [9.17, 15) is 4.39 Å². The summed E-state index contributed by atoms with van der Waals surface area (Å²) in [6.07, 6.45) is 3.72. The Bertz CT molecular complexity index is 464. The molecule has 1 aromatic rings. The van der Waals surface area contributed by atoms with Crippen LogP contribution in [0.15, 0.2) is 18.2 Å². The maximum atomic E-state index is 13.2. The number of halogens is 1. The first-order chi connectivity index (χ1) is 9.08. The summed E-state index contributed by atoms with van der Waals surface area (Å²) in [5, 5.41) is 3.35. The van der Waals surface area contributed by atoms with Crippen LogP contribution < -0.4 is 11.1 Å². The summed E-state index contributed by atoms with van der Waals surface area (Å²) >= 11 is 4.96. The Hall–Kier alpha value is -1.20. The number of rotatable bonds is 4. The van der Waals surface area contributed by atoms with E-state index in [1.54, 1.807) is 6.07 Å². The van der Waals surface area contributed by atoms with Gasteiger partial charge >= 0.3 is 0 Å². The minimum atomic E-state index is -0.317. The number of anilines is 1. The molecular formula is C14H20FN3S. The highest BCUT2D eigenvalue weighted by molar-refractivity contribution is 7.80. The Morgan fingerprint density at radius 3 is 3.00 bits per heavy atom. The van der Waals surface area contributed by atoms with Crippen molar-refractivity contribution in [3.05, 3.63) is 29.6 Å². The highest BCUT2D eigenvalue weighted by Crippen LogP contribution is 2.19. The second-order valence-electron chi connectivity index (χ2n) is 5.07. The summed E-state index contributed by atoms with van der Waals surface area (Å²) in [5.74, 6) is -0.317. The van der Waals surface area contributed by atoms with Gasteiger partial charge in [0.1, 0.15) is 10.8 Å². The molecule has 1 fully saturated rings. The van der Waals surface area contributed by atoms with Crippen molar-refractivity contribution in [3.63, 3.8) is 0 Å². The van der Waals surface area contributed by atoms with Gasteiger partial charge in [0, 0.05) is 23.8 Å². The van der Waals surface area contributed by atoms with Crippen molar-refractivity contribution in [1.29, 1.82) is 0 Å². The molecule has 0 bridgehead atoms. The Morgan fingerprint density at radius 1 is 1.53 bits per heavy atom. The lowest BCUT2D eigenvalue weighted by molar-refractivity contribution is 0.194. The molecule has 5 heteroatoms. The van der Waals surface area contributed by atoms with Crippen LogP contribution in [0.4, 0.5) is 10.1 Å². The van der Waals surface area contributed by atoms with Gasteiger partial charge in [0.25, 0.3) is 0 Å². The zero-order valence-electron chi connectivity index (χ0n) is 11.2. The van der Waals surface area contributed by atoms with E-state index in [1.807, 2.05) is 0 Å². The number of nitrogens with two attached hydrogens (primary N) is 1. The van der Waals surface area contributed by atoms with E-state index >= 15 is 0 Å². The van der Waals surface area contributed by atoms with Gasteiger partial charge in [-0.05, 0) is 44.6 Å². The van der Waals surface area contributed by atoms with Gasteiger partial charge in [-0.15, -0.1) is 0 Å². The van der Waals surface area contributed by atoms with Crippen LogP contribution in [0, 0.1) is 5.82 Å². The van der Waals surface area contributed by atoms with Crippen LogP contribution in [0.3, 0.4) is 0 Å². The molecule has 1 saturated heterocycles. The van der Waals surface area contributed by atoms with Gasteiger partial charge in [-0.25, -0.2) is 4.39 Å². The lowest BCUT2D eigenvalue weighted by Gasteiger charge is -2.33. The molecule has 3 nitrogen and oxygen atoms in total. The van der Waals surface area contributed by atoms with Crippen molar-refractivity contribution in [3.8, 4) is 0 Å². The second kappa shape index (κ2) is 6.30. The topological polar surface area (TPSA) is 41.3 Å². The number of likely N-dealkylation sites (tertiary alicyclic amines) is 1. The summed E-state index contributed by atoms with van der Waals surface area (Å²) in [4.78, 5) is 2.58. The third-order valence-electron chi connectivity index (χ3n) is 3.70. The summed E-state index contributed by atoms with van der Waals surface area (Å²) in [5.41, 5.74) is 7.02. The molecule has 0 spiro atoms. The Morgan fingerprint density at radius 2 is 2.32 bits per heavy atom. The summed E-state index contributed by atoms with van der Waals surface area (Å²) in [7, 11) is 2.14. The minimum absolute atomic E-state index is 0.221. The van der Waals surface area contributed by atoms with E-state index in [2.05, 4.69) is 17.3 Å². The highest BCUT2D eigenvalue weighted by Gasteiger charge is 2.18. The zero-order valence-corrected chi connectivity index (χ0v) is 12.0. The predicted octanol–water partition coefficient (Wildman–Crippen LogP) is 2.36. The molecule has 3 N–H and O–H groups in total. The van der Waals surface area contributed by atoms with E-state index in [0.717, 1.165) is 18.8 Å². The van der Waals surface area contributed by atoms with Gasteiger partial charge in [0.05, 0.1) is 0 Å². The van der Waals surface area contributed by atoms with Crippen molar-refractivity contribution in [2.24, 2.45) is 5.73 Å². The number of hydrogen-bond acceptors (Lipinski definition) is 3. The SMILES string of the molecule is CN1CCCCC1CNc1ccc(F)cc1C(N)=S. The first-order valence-corrected chi connectivity index (χ1v) is 7.02. The zero-order chi connectivity index (χ0) is 13.8. The van der Waals surface area contributed by atoms with Gasteiger partial charge < -0.3 is 16.0 Å². The third-order valence-corrected chi connectivity index (χ3v) is 3.92. The molecule has 0 amide bonds. The maximum absolute atomic E-state index is 13.2. The average Bonchev–Trinajstić information content (AvgIpc) is 2.38. The molecule has 0 saturated carbocycles. The molecule has 1 heterocycles. The fourth-order valence-corrected chi connectivity index (χ4v) is 2.67. The fraction of sp³-hybridized carbons (Fsp3) is 0.500. The van der Waals surface area contributed by atoms with Crippen molar-refractivity contribution < 1.29 is 4.39 Å². The Balaban J connectivity index is 2.04. The lowest BCUT2D eigenvalue weighted by Crippen LogP contribution is -2.40. The van der Waals surface area contributed by atoms with E-state index in [1.165, 1.54) is 31.4 Å². The van der Waals surface area contributed by atoms with Crippen LogP contribution in [0.2, 0.25) is 0 Å². The number of piperidine rings is 1. The summed E-state index contributed by atoms with van der Waals surface area (Å²) in [6, 6.07) is 5.02. The molecule has 0 radical (unpaired) electrons. The first kappa shape index (κ1) is 14.2. The van der Waals surface area contributed by atoms with E-state index < -0.39 is 0 Å². The highest BCUT2D eigenvalue weighted by atomic mass is 32.1.